The normalized spacial score (nSPS) is 9.94. The molecular weight excluding hydrogens is 230 g/mol. The SMILES string of the molecule is CCCCCCC[CH]N(C(=N)NC(C)=O)C(C)=O. The third-order valence-corrected chi connectivity index (χ3v) is 2.49. The Morgan fingerprint density at radius 3 is 2.28 bits per heavy atom. The Morgan fingerprint density at radius 1 is 1.17 bits per heavy atom. The molecule has 0 bridgehead atoms. The molecule has 5 heteroatoms. The van der Waals surface area contributed by atoms with Gasteiger partial charge in [-0.15, -0.1) is 0 Å². The molecule has 0 aromatic heterocycles. The van der Waals surface area contributed by atoms with Crippen LogP contribution in [0.25, 0.3) is 0 Å². The first-order valence-corrected chi connectivity index (χ1v) is 6.48. The molecule has 2 amide bonds. The molecule has 18 heavy (non-hydrogen) atoms. The summed E-state index contributed by atoms with van der Waals surface area (Å²) in [5.74, 6) is -0.784. The van der Waals surface area contributed by atoms with Crippen LogP contribution in [-0.2, 0) is 9.59 Å². The first kappa shape index (κ1) is 16.6. The van der Waals surface area contributed by atoms with Crippen molar-refractivity contribution in [2.24, 2.45) is 0 Å². The zero-order valence-corrected chi connectivity index (χ0v) is 11.6. The summed E-state index contributed by atoms with van der Waals surface area (Å²) in [6.07, 6.45) is 6.51. The Morgan fingerprint density at radius 2 is 1.78 bits per heavy atom. The van der Waals surface area contributed by atoms with Crippen LogP contribution >= 0.6 is 0 Å². The minimum atomic E-state index is -0.345. The quantitative estimate of drug-likeness (QED) is 0.416. The van der Waals surface area contributed by atoms with Gasteiger partial charge >= 0.3 is 0 Å². The standard InChI is InChI=1S/C13H24N3O2/c1-4-5-6-7-8-9-10-16(12(3)18)13(14)15-11(2)17/h10H,4-9H2,1-3H3,(H2,14,15,17). The molecular formula is C13H24N3O2. The summed E-state index contributed by atoms with van der Waals surface area (Å²) >= 11 is 0. The number of guanidine groups is 1. The highest BCUT2D eigenvalue weighted by Crippen LogP contribution is 2.08. The molecule has 103 valence electrons. The molecule has 0 fully saturated rings. The number of nitrogens with one attached hydrogen (secondary N) is 2. The van der Waals surface area contributed by atoms with Gasteiger partial charge in [-0.3, -0.25) is 25.2 Å². The molecule has 0 aliphatic carbocycles. The summed E-state index contributed by atoms with van der Waals surface area (Å²) in [6, 6.07) is 0. The van der Waals surface area contributed by atoms with Crippen molar-refractivity contribution in [1.82, 2.24) is 10.2 Å². The lowest BCUT2D eigenvalue weighted by molar-refractivity contribution is -0.124. The molecule has 5 nitrogen and oxygen atoms in total. The van der Waals surface area contributed by atoms with Crippen molar-refractivity contribution in [3.63, 3.8) is 0 Å². The Bertz CT molecular complexity index is 290. The number of rotatable bonds is 7. The molecule has 0 aliphatic heterocycles. The van der Waals surface area contributed by atoms with Crippen LogP contribution < -0.4 is 5.32 Å². The minimum Gasteiger partial charge on any atom is -0.297 e. The van der Waals surface area contributed by atoms with E-state index in [4.69, 9.17) is 5.41 Å². The van der Waals surface area contributed by atoms with Gasteiger partial charge in [0.1, 0.15) is 0 Å². The number of nitrogens with zero attached hydrogens (tertiary/aromatic N) is 1. The molecule has 0 aromatic carbocycles. The second-order valence-electron chi connectivity index (χ2n) is 4.30. The molecule has 0 aromatic rings. The lowest BCUT2D eigenvalue weighted by Crippen LogP contribution is -2.43. The van der Waals surface area contributed by atoms with Crippen molar-refractivity contribution in [3.8, 4) is 0 Å². The van der Waals surface area contributed by atoms with Crippen molar-refractivity contribution in [1.29, 1.82) is 5.41 Å². The summed E-state index contributed by atoms with van der Waals surface area (Å²) in [7, 11) is 0. The Kier molecular flexibility index (Phi) is 8.88. The Hall–Kier alpha value is -1.39. The van der Waals surface area contributed by atoms with E-state index in [0.29, 0.717) is 0 Å². The maximum atomic E-state index is 11.3. The molecule has 0 saturated carbocycles. The highest BCUT2D eigenvalue weighted by Gasteiger charge is 2.15. The number of carbonyl (C=O) groups is 2. The first-order chi connectivity index (χ1) is 8.49. The number of amides is 2. The van der Waals surface area contributed by atoms with Crippen LogP contribution in [-0.4, -0.2) is 22.7 Å². The molecule has 0 rings (SSSR count). The Labute approximate surface area is 109 Å². The topological polar surface area (TPSA) is 73.3 Å². The van der Waals surface area contributed by atoms with Gasteiger partial charge in [-0.2, -0.15) is 0 Å². The average molecular weight is 254 g/mol. The minimum absolute atomic E-state index is 0.177. The maximum Gasteiger partial charge on any atom is 0.226 e. The van der Waals surface area contributed by atoms with Crippen LogP contribution in [0.4, 0.5) is 0 Å². The van der Waals surface area contributed by atoms with Crippen LogP contribution in [0.2, 0.25) is 0 Å². The molecule has 2 N–H and O–H groups in total. The lowest BCUT2D eigenvalue weighted by Gasteiger charge is -2.20. The molecule has 0 aliphatic rings. The predicted octanol–water partition coefficient (Wildman–Crippen LogP) is 2.43. The van der Waals surface area contributed by atoms with E-state index >= 15 is 0 Å². The summed E-state index contributed by atoms with van der Waals surface area (Å²) in [5, 5.41) is 9.90. The predicted molar refractivity (Wildman–Crippen MR) is 71.7 cm³/mol. The van der Waals surface area contributed by atoms with Crippen molar-refractivity contribution < 1.29 is 9.59 Å². The molecule has 0 saturated heterocycles. The van der Waals surface area contributed by atoms with E-state index in [-0.39, 0.29) is 17.8 Å². The third-order valence-electron chi connectivity index (χ3n) is 2.49. The van der Waals surface area contributed by atoms with Crippen LogP contribution in [0.1, 0.15) is 59.3 Å². The molecule has 0 heterocycles. The monoisotopic (exact) mass is 254 g/mol. The fourth-order valence-electron chi connectivity index (χ4n) is 1.57. The van der Waals surface area contributed by atoms with Gasteiger partial charge in [0.15, 0.2) is 0 Å². The van der Waals surface area contributed by atoms with E-state index < -0.39 is 0 Å². The van der Waals surface area contributed by atoms with E-state index in [1.807, 2.05) is 0 Å². The molecule has 0 spiro atoms. The van der Waals surface area contributed by atoms with Crippen molar-refractivity contribution in [2.45, 2.75) is 59.3 Å². The smallest absolute Gasteiger partial charge is 0.226 e. The first-order valence-electron chi connectivity index (χ1n) is 6.48. The van der Waals surface area contributed by atoms with E-state index in [9.17, 15) is 9.59 Å². The number of carbonyl (C=O) groups excluding carboxylic acids is 2. The van der Waals surface area contributed by atoms with Gasteiger partial charge in [-0.05, 0) is 6.42 Å². The summed E-state index contributed by atoms with van der Waals surface area (Å²) in [5.41, 5.74) is 0. The van der Waals surface area contributed by atoms with Gasteiger partial charge in [0, 0.05) is 13.8 Å². The highest BCUT2D eigenvalue weighted by molar-refractivity contribution is 6.02. The maximum absolute atomic E-state index is 11.3. The van der Waals surface area contributed by atoms with Gasteiger partial charge in [0.2, 0.25) is 17.8 Å². The van der Waals surface area contributed by atoms with Gasteiger partial charge in [-0.1, -0.05) is 39.0 Å². The fourth-order valence-corrected chi connectivity index (χ4v) is 1.57. The summed E-state index contributed by atoms with van der Waals surface area (Å²) in [4.78, 5) is 23.3. The van der Waals surface area contributed by atoms with Crippen molar-refractivity contribution in [3.05, 3.63) is 6.54 Å². The fraction of sp³-hybridized carbons (Fsp3) is 0.692. The van der Waals surface area contributed by atoms with Gasteiger partial charge < -0.3 is 0 Å². The average Bonchev–Trinajstić information content (AvgIpc) is 2.26. The highest BCUT2D eigenvalue weighted by atomic mass is 16.2. The van der Waals surface area contributed by atoms with E-state index in [0.717, 1.165) is 19.3 Å². The molecule has 1 radical (unpaired) electrons. The van der Waals surface area contributed by atoms with E-state index in [1.54, 1.807) is 6.54 Å². The van der Waals surface area contributed by atoms with Crippen molar-refractivity contribution in [2.75, 3.05) is 0 Å². The zero-order chi connectivity index (χ0) is 14.0. The van der Waals surface area contributed by atoms with Crippen LogP contribution in [0.5, 0.6) is 0 Å². The van der Waals surface area contributed by atoms with Crippen LogP contribution in [0, 0.1) is 12.0 Å². The van der Waals surface area contributed by atoms with Gasteiger partial charge in [0.05, 0.1) is 6.54 Å². The second kappa shape index (κ2) is 9.62. The van der Waals surface area contributed by atoms with Gasteiger partial charge in [0.25, 0.3) is 0 Å². The number of hydrogen-bond donors (Lipinski definition) is 2. The molecule has 0 unspecified atom stereocenters. The van der Waals surface area contributed by atoms with Gasteiger partial charge in [-0.25, -0.2) is 0 Å². The number of hydrogen-bond acceptors (Lipinski definition) is 3. The van der Waals surface area contributed by atoms with E-state index in [1.165, 1.54) is 38.0 Å². The second-order valence-corrected chi connectivity index (χ2v) is 4.30. The van der Waals surface area contributed by atoms with Crippen molar-refractivity contribution >= 4 is 17.8 Å². The van der Waals surface area contributed by atoms with Crippen LogP contribution in [0.15, 0.2) is 0 Å². The zero-order valence-electron chi connectivity index (χ0n) is 11.6. The number of unbranched alkanes of at least 4 members (excludes halogenated alkanes) is 5. The largest absolute Gasteiger partial charge is 0.297 e. The summed E-state index contributed by atoms with van der Waals surface area (Å²) < 4.78 is 0. The Balaban J connectivity index is 3.94. The van der Waals surface area contributed by atoms with E-state index in [2.05, 4.69) is 12.2 Å². The lowest BCUT2D eigenvalue weighted by atomic mass is 10.1. The third kappa shape index (κ3) is 7.81. The molecule has 0 atom stereocenters. The van der Waals surface area contributed by atoms with Crippen LogP contribution in [0.3, 0.4) is 0 Å². The summed E-state index contributed by atoms with van der Waals surface area (Å²) in [6.45, 7) is 6.53.